The van der Waals surface area contributed by atoms with Gasteiger partial charge in [0, 0.05) is 29.7 Å². The molecule has 1 saturated carbocycles. The lowest BCUT2D eigenvalue weighted by Gasteiger charge is -2.31. The molecule has 196 valence electrons. The highest BCUT2D eigenvalue weighted by atomic mass is 32.1. The standard InChI is InChI=1S/C25H22F5N3O3S/c1-15-13-33(19-10-11-20-21(12-19)36-25(29,30)24(27,28)35-20)23(37-15)31-22(34)32(18-4-2-3-5-18)14-16-6-8-17(26)9-7-16/h6-13,18H,2-5,14H2,1H3. The maximum absolute atomic E-state index is 13.7. The molecule has 0 saturated heterocycles. The van der Waals surface area contributed by atoms with Crippen LogP contribution in [0.2, 0.25) is 0 Å². The van der Waals surface area contributed by atoms with Crippen LogP contribution in [0.5, 0.6) is 11.5 Å². The molecule has 2 amide bonds. The Balaban J connectivity index is 1.48. The average molecular weight is 540 g/mol. The molecule has 5 rings (SSSR count). The first-order valence-corrected chi connectivity index (χ1v) is 12.4. The van der Waals surface area contributed by atoms with Gasteiger partial charge in [0.25, 0.3) is 0 Å². The van der Waals surface area contributed by atoms with Crippen molar-refractivity contribution in [2.45, 2.75) is 57.4 Å². The van der Waals surface area contributed by atoms with Gasteiger partial charge in [0.05, 0.1) is 5.69 Å². The number of carbonyl (C=O) groups excluding carboxylic acids is 1. The Bertz CT molecular complexity index is 1380. The minimum atomic E-state index is -4.85. The lowest BCUT2D eigenvalue weighted by Crippen LogP contribution is -2.52. The summed E-state index contributed by atoms with van der Waals surface area (Å²) < 4.78 is 77.7. The van der Waals surface area contributed by atoms with Crippen molar-refractivity contribution in [1.29, 1.82) is 0 Å². The Morgan fingerprint density at radius 1 is 1.05 bits per heavy atom. The summed E-state index contributed by atoms with van der Waals surface area (Å²) >= 11 is 1.20. The quantitative estimate of drug-likeness (QED) is 0.360. The smallest absolute Gasteiger partial charge is 0.421 e. The van der Waals surface area contributed by atoms with E-state index in [-0.39, 0.29) is 28.9 Å². The van der Waals surface area contributed by atoms with Crippen molar-refractivity contribution in [3.05, 3.63) is 69.7 Å². The maximum atomic E-state index is 13.7. The molecule has 1 aliphatic carbocycles. The fourth-order valence-corrected chi connectivity index (χ4v) is 5.25. The van der Waals surface area contributed by atoms with E-state index >= 15 is 0 Å². The summed E-state index contributed by atoms with van der Waals surface area (Å²) in [6.07, 6.45) is -4.39. The van der Waals surface area contributed by atoms with Crippen LogP contribution in [0, 0.1) is 12.7 Å². The zero-order valence-electron chi connectivity index (χ0n) is 19.6. The lowest BCUT2D eigenvalue weighted by molar-refractivity contribution is -0.391. The first-order chi connectivity index (χ1) is 17.5. The van der Waals surface area contributed by atoms with Crippen LogP contribution in [0.25, 0.3) is 5.69 Å². The Hall–Kier alpha value is -3.41. The van der Waals surface area contributed by atoms with Crippen LogP contribution >= 0.6 is 11.3 Å². The monoisotopic (exact) mass is 539 g/mol. The van der Waals surface area contributed by atoms with E-state index < -0.39 is 29.7 Å². The molecule has 0 bridgehead atoms. The molecule has 0 N–H and O–H groups in total. The van der Waals surface area contributed by atoms with Gasteiger partial charge in [-0.25, -0.2) is 9.18 Å². The van der Waals surface area contributed by atoms with Gasteiger partial charge in [-0.1, -0.05) is 25.0 Å². The molecule has 2 heterocycles. The second-order valence-electron chi connectivity index (χ2n) is 8.95. The number of thiazole rings is 1. The van der Waals surface area contributed by atoms with Gasteiger partial charge in [0.2, 0.25) is 0 Å². The van der Waals surface area contributed by atoms with Crippen LogP contribution in [0.3, 0.4) is 0 Å². The largest absolute Gasteiger partial charge is 0.507 e. The number of ether oxygens (including phenoxy) is 2. The summed E-state index contributed by atoms with van der Waals surface area (Å²) in [5.74, 6) is -1.47. The third-order valence-corrected chi connectivity index (χ3v) is 7.16. The zero-order chi connectivity index (χ0) is 26.4. The molecule has 1 fully saturated rings. The Morgan fingerprint density at radius 2 is 1.70 bits per heavy atom. The van der Waals surface area contributed by atoms with Gasteiger partial charge in [0.1, 0.15) is 5.82 Å². The second-order valence-corrected chi connectivity index (χ2v) is 10.2. The van der Waals surface area contributed by atoms with Gasteiger partial charge in [0.15, 0.2) is 16.3 Å². The Kier molecular flexibility index (Phi) is 6.47. The van der Waals surface area contributed by atoms with Crippen molar-refractivity contribution >= 4 is 17.4 Å². The number of fused-ring (bicyclic) bond motifs is 1. The summed E-state index contributed by atoms with van der Waals surface area (Å²) in [7, 11) is 0. The second kappa shape index (κ2) is 9.47. The van der Waals surface area contributed by atoms with Crippen LogP contribution in [0.1, 0.15) is 36.1 Å². The number of alkyl halides is 4. The number of amides is 2. The molecule has 37 heavy (non-hydrogen) atoms. The van der Waals surface area contributed by atoms with Gasteiger partial charge < -0.3 is 14.4 Å². The third-order valence-electron chi connectivity index (χ3n) is 6.26. The molecule has 3 aromatic rings. The highest BCUT2D eigenvalue weighted by Crippen LogP contribution is 2.47. The van der Waals surface area contributed by atoms with E-state index in [4.69, 9.17) is 0 Å². The number of urea groups is 1. The molecule has 2 aliphatic rings. The van der Waals surface area contributed by atoms with E-state index in [9.17, 15) is 26.7 Å². The third kappa shape index (κ3) is 5.07. The Morgan fingerprint density at radius 3 is 2.38 bits per heavy atom. The summed E-state index contributed by atoms with van der Waals surface area (Å²) in [4.78, 5) is 20.4. The molecule has 0 unspecified atom stereocenters. The van der Waals surface area contributed by atoms with Gasteiger partial charge in [-0.3, -0.25) is 4.57 Å². The number of hydrogen-bond acceptors (Lipinski definition) is 4. The van der Waals surface area contributed by atoms with Gasteiger partial charge in [-0.05, 0) is 49.6 Å². The van der Waals surface area contributed by atoms with Crippen LogP contribution in [0.4, 0.5) is 26.7 Å². The molecule has 0 spiro atoms. The topological polar surface area (TPSA) is 56.1 Å². The molecule has 1 aromatic heterocycles. The van der Waals surface area contributed by atoms with Crippen LogP contribution in [-0.4, -0.2) is 33.8 Å². The summed E-state index contributed by atoms with van der Waals surface area (Å²) in [5, 5.41) is 0. The van der Waals surface area contributed by atoms with Crippen molar-refractivity contribution < 1.29 is 36.2 Å². The SMILES string of the molecule is Cc1cn(-c2ccc3c(c2)OC(F)(F)C(F)(F)O3)c(=NC(=O)N(Cc2ccc(F)cc2)C2CCCC2)s1. The molecule has 1 aliphatic heterocycles. The van der Waals surface area contributed by atoms with Gasteiger partial charge >= 0.3 is 18.2 Å². The Labute approximate surface area is 212 Å². The molecule has 6 nitrogen and oxygen atoms in total. The lowest BCUT2D eigenvalue weighted by atomic mass is 10.1. The molecular weight excluding hydrogens is 517 g/mol. The highest BCUT2D eigenvalue weighted by molar-refractivity contribution is 7.09. The van der Waals surface area contributed by atoms with Gasteiger partial charge in [-0.2, -0.15) is 22.6 Å². The van der Waals surface area contributed by atoms with Crippen molar-refractivity contribution in [3.63, 3.8) is 0 Å². The van der Waals surface area contributed by atoms with Crippen molar-refractivity contribution in [1.82, 2.24) is 9.47 Å². The number of benzene rings is 2. The van der Waals surface area contributed by atoms with E-state index in [1.807, 2.05) is 0 Å². The number of aromatic nitrogens is 1. The molecule has 0 atom stereocenters. The fraction of sp³-hybridized carbons (Fsp3) is 0.360. The predicted molar refractivity (Wildman–Crippen MR) is 125 cm³/mol. The molecule has 12 heteroatoms. The van der Waals surface area contributed by atoms with Crippen molar-refractivity contribution in [3.8, 4) is 17.2 Å². The molecule has 0 radical (unpaired) electrons. The first-order valence-electron chi connectivity index (χ1n) is 11.6. The van der Waals surface area contributed by atoms with E-state index in [0.717, 1.165) is 48.3 Å². The van der Waals surface area contributed by atoms with Crippen LogP contribution in [0.15, 0.2) is 53.7 Å². The highest BCUT2D eigenvalue weighted by Gasteiger charge is 2.65. The summed E-state index contributed by atoms with van der Waals surface area (Å²) in [5.41, 5.74) is 1.03. The predicted octanol–water partition coefficient (Wildman–Crippen LogP) is 6.41. The minimum Gasteiger partial charge on any atom is -0.421 e. The number of nitrogens with zero attached hydrogens (tertiary/aromatic N) is 3. The van der Waals surface area contributed by atoms with E-state index in [2.05, 4.69) is 14.5 Å². The average Bonchev–Trinajstić information content (AvgIpc) is 3.48. The number of carbonyl (C=O) groups is 1. The number of aryl methyl sites for hydroxylation is 1. The van der Waals surface area contributed by atoms with Crippen molar-refractivity contribution in [2.75, 3.05) is 0 Å². The van der Waals surface area contributed by atoms with Crippen LogP contribution in [-0.2, 0) is 6.54 Å². The zero-order valence-corrected chi connectivity index (χ0v) is 20.4. The maximum Gasteiger partial charge on any atom is 0.507 e. The molecular formula is C25H22F5N3O3S. The summed E-state index contributed by atoms with van der Waals surface area (Å²) in [6, 6.07) is 9.00. The van der Waals surface area contributed by atoms with E-state index in [1.54, 1.807) is 30.2 Å². The van der Waals surface area contributed by atoms with Crippen molar-refractivity contribution in [2.24, 2.45) is 4.99 Å². The number of hydrogen-bond donors (Lipinski definition) is 0. The fourth-order valence-electron chi connectivity index (χ4n) is 4.43. The number of rotatable bonds is 4. The summed E-state index contributed by atoms with van der Waals surface area (Å²) in [6.45, 7) is 2.04. The van der Waals surface area contributed by atoms with E-state index in [0.29, 0.717) is 0 Å². The number of halogens is 5. The van der Waals surface area contributed by atoms with E-state index in [1.165, 1.54) is 34.1 Å². The first kappa shape index (κ1) is 25.2. The minimum absolute atomic E-state index is 0.0194. The normalized spacial score (nSPS) is 18.7. The van der Waals surface area contributed by atoms with Gasteiger partial charge in [-0.15, -0.1) is 11.3 Å². The van der Waals surface area contributed by atoms with Crippen LogP contribution < -0.4 is 14.3 Å². The molecule has 2 aromatic carbocycles.